The Hall–Kier alpha value is -4.04. The van der Waals surface area contributed by atoms with Gasteiger partial charge in [-0.2, -0.15) is 14.9 Å². The Balaban J connectivity index is 1.50. The number of nitrogens with one attached hydrogen (secondary N) is 1. The Morgan fingerprint density at radius 2 is 1.79 bits per heavy atom. The molecule has 0 unspecified atom stereocenters. The second-order valence-electron chi connectivity index (χ2n) is 8.22. The van der Waals surface area contributed by atoms with Crippen LogP contribution in [0, 0.1) is 20.8 Å². The number of benzene rings is 2. The Kier molecular flexibility index (Phi) is 5.59. The van der Waals surface area contributed by atoms with Gasteiger partial charge in [0.25, 0.3) is 0 Å². The van der Waals surface area contributed by atoms with Gasteiger partial charge in [-0.05, 0) is 50.1 Å². The molecule has 1 amide bonds. The maximum absolute atomic E-state index is 12.7. The average Bonchev–Trinajstić information content (AvgIpc) is 3.38. The number of amides is 1. The van der Waals surface area contributed by atoms with E-state index in [-0.39, 0.29) is 12.3 Å². The van der Waals surface area contributed by atoms with Crippen LogP contribution in [0.4, 0.5) is 5.82 Å². The smallest absolute Gasteiger partial charge is 0.229 e. The number of aromatic nitrogens is 6. The standard InChI is InChI=1S/C25H22ClN7O/c1-15-4-9-21(16(2)10-15)32-24-20(13-29-32)25(28-14-27-24)33-22(11-17(3)31-33)30-23(34)12-18-5-7-19(26)8-6-18/h4-11,13-14H,12H2,1-3H3,(H,30,34). The molecule has 0 aliphatic rings. The third-order valence-corrected chi connectivity index (χ3v) is 5.75. The minimum atomic E-state index is -0.167. The van der Waals surface area contributed by atoms with Gasteiger partial charge in [-0.1, -0.05) is 41.4 Å². The van der Waals surface area contributed by atoms with Crippen molar-refractivity contribution in [2.24, 2.45) is 0 Å². The predicted molar refractivity (Wildman–Crippen MR) is 132 cm³/mol. The molecule has 0 saturated heterocycles. The Morgan fingerprint density at radius 1 is 1.00 bits per heavy atom. The number of rotatable bonds is 5. The first-order valence-corrected chi connectivity index (χ1v) is 11.1. The highest BCUT2D eigenvalue weighted by Crippen LogP contribution is 2.25. The first kappa shape index (κ1) is 21.8. The van der Waals surface area contributed by atoms with Gasteiger partial charge in [0, 0.05) is 11.1 Å². The van der Waals surface area contributed by atoms with Crippen molar-refractivity contribution < 1.29 is 4.79 Å². The first-order chi connectivity index (χ1) is 16.4. The second-order valence-corrected chi connectivity index (χ2v) is 8.65. The molecule has 3 heterocycles. The molecule has 1 N–H and O–H groups in total. The van der Waals surface area contributed by atoms with Crippen LogP contribution >= 0.6 is 11.6 Å². The van der Waals surface area contributed by atoms with Crippen LogP contribution in [0.5, 0.6) is 0 Å². The van der Waals surface area contributed by atoms with E-state index >= 15 is 0 Å². The fourth-order valence-corrected chi connectivity index (χ4v) is 4.07. The quantitative estimate of drug-likeness (QED) is 0.399. The van der Waals surface area contributed by atoms with E-state index in [9.17, 15) is 4.79 Å². The summed E-state index contributed by atoms with van der Waals surface area (Å²) in [7, 11) is 0. The molecular weight excluding hydrogens is 450 g/mol. The number of hydrogen-bond acceptors (Lipinski definition) is 5. The highest BCUT2D eigenvalue weighted by Gasteiger charge is 2.18. The molecule has 0 atom stereocenters. The van der Waals surface area contributed by atoms with E-state index in [1.807, 2.05) is 44.2 Å². The van der Waals surface area contributed by atoms with Gasteiger partial charge < -0.3 is 5.32 Å². The fraction of sp³-hybridized carbons (Fsp3) is 0.160. The molecule has 0 aliphatic heterocycles. The van der Waals surface area contributed by atoms with E-state index < -0.39 is 0 Å². The molecule has 170 valence electrons. The maximum Gasteiger partial charge on any atom is 0.229 e. The summed E-state index contributed by atoms with van der Waals surface area (Å²) >= 11 is 5.94. The first-order valence-electron chi connectivity index (χ1n) is 10.8. The van der Waals surface area contributed by atoms with E-state index in [4.69, 9.17) is 11.6 Å². The summed E-state index contributed by atoms with van der Waals surface area (Å²) in [5.74, 6) is 0.895. The van der Waals surface area contributed by atoms with Crippen molar-refractivity contribution in [3.05, 3.63) is 88.5 Å². The zero-order valence-electron chi connectivity index (χ0n) is 19.0. The molecule has 0 bridgehead atoms. The van der Waals surface area contributed by atoms with Crippen molar-refractivity contribution >= 4 is 34.4 Å². The molecule has 2 aromatic carbocycles. The zero-order chi connectivity index (χ0) is 23.8. The molecule has 5 aromatic rings. The molecule has 5 rings (SSSR count). The molecule has 0 saturated carbocycles. The van der Waals surface area contributed by atoms with Crippen molar-refractivity contribution in [2.45, 2.75) is 27.2 Å². The lowest BCUT2D eigenvalue weighted by atomic mass is 10.1. The second kappa shape index (κ2) is 8.72. The van der Waals surface area contributed by atoms with Gasteiger partial charge in [0.1, 0.15) is 12.1 Å². The normalized spacial score (nSPS) is 11.2. The Morgan fingerprint density at radius 3 is 2.56 bits per heavy atom. The zero-order valence-corrected chi connectivity index (χ0v) is 19.7. The third kappa shape index (κ3) is 4.15. The van der Waals surface area contributed by atoms with Crippen LogP contribution in [0.15, 0.2) is 61.1 Å². The van der Waals surface area contributed by atoms with Gasteiger partial charge in [-0.15, -0.1) is 0 Å². The van der Waals surface area contributed by atoms with E-state index in [1.165, 1.54) is 11.9 Å². The number of halogens is 1. The largest absolute Gasteiger partial charge is 0.310 e. The highest BCUT2D eigenvalue weighted by molar-refractivity contribution is 6.30. The molecule has 0 fully saturated rings. The molecule has 34 heavy (non-hydrogen) atoms. The van der Waals surface area contributed by atoms with Crippen LogP contribution in [0.1, 0.15) is 22.4 Å². The lowest BCUT2D eigenvalue weighted by molar-refractivity contribution is -0.115. The molecule has 8 nitrogen and oxygen atoms in total. The van der Waals surface area contributed by atoms with Crippen LogP contribution in [0.3, 0.4) is 0 Å². The highest BCUT2D eigenvalue weighted by atomic mass is 35.5. The van der Waals surface area contributed by atoms with Crippen molar-refractivity contribution in [3.8, 4) is 11.5 Å². The Bertz CT molecular complexity index is 1520. The van der Waals surface area contributed by atoms with Gasteiger partial charge >= 0.3 is 0 Å². The predicted octanol–water partition coefficient (Wildman–Crippen LogP) is 4.76. The summed E-state index contributed by atoms with van der Waals surface area (Å²) in [5.41, 5.74) is 5.48. The van der Waals surface area contributed by atoms with Crippen molar-refractivity contribution in [1.82, 2.24) is 29.5 Å². The van der Waals surface area contributed by atoms with Crippen molar-refractivity contribution in [3.63, 3.8) is 0 Å². The lowest BCUT2D eigenvalue weighted by Gasteiger charge is -2.10. The number of carbonyl (C=O) groups is 1. The molecule has 0 aliphatic carbocycles. The van der Waals surface area contributed by atoms with E-state index in [0.717, 1.165) is 27.9 Å². The van der Waals surface area contributed by atoms with E-state index in [1.54, 1.807) is 27.7 Å². The lowest BCUT2D eigenvalue weighted by Crippen LogP contribution is -2.17. The molecular formula is C25H22ClN7O. The topological polar surface area (TPSA) is 90.5 Å². The number of nitrogens with zero attached hydrogens (tertiary/aromatic N) is 6. The summed E-state index contributed by atoms with van der Waals surface area (Å²) in [5, 5.41) is 13.5. The molecule has 0 radical (unpaired) electrons. The number of carbonyl (C=O) groups excluding carboxylic acids is 1. The summed E-state index contributed by atoms with van der Waals surface area (Å²) in [6.45, 7) is 5.97. The fourth-order valence-electron chi connectivity index (χ4n) is 3.94. The summed E-state index contributed by atoms with van der Waals surface area (Å²) in [6.07, 6.45) is 3.42. The van der Waals surface area contributed by atoms with Crippen LogP contribution in [0.2, 0.25) is 5.02 Å². The summed E-state index contributed by atoms with van der Waals surface area (Å²) < 4.78 is 3.41. The minimum Gasteiger partial charge on any atom is -0.310 e. The molecule has 0 spiro atoms. The maximum atomic E-state index is 12.7. The number of aryl methyl sites for hydroxylation is 3. The molecule has 3 aromatic heterocycles. The van der Waals surface area contributed by atoms with Crippen LogP contribution in [0.25, 0.3) is 22.5 Å². The summed E-state index contributed by atoms with van der Waals surface area (Å²) in [4.78, 5) is 21.7. The number of anilines is 1. The van der Waals surface area contributed by atoms with Crippen molar-refractivity contribution in [1.29, 1.82) is 0 Å². The molecule has 9 heteroatoms. The monoisotopic (exact) mass is 471 g/mol. The van der Waals surface area contributed by atoms with E-state index in [0.29, 0.717) is 22.3 Å². The van der Waals surface area contributed by atoms with Crippen molar-refractivity contribution in [2.75, 3.05) is 5.32 Å². The summed E-state index contributed by atoms with van der Waals surface area (Å²) in [6, 6.07) is 15.2. The van der Waals surface area contributed by atoms with Gasteiger partial charge in [0.05, 0.1) is 29.4 Å². The average molecular weight is 472 g/mol. The SMILES string of the molecule is Cc1ccc(-n2ncc3c(-n4nc(C)cc4NC(=O)Cc4ccc(Cl)cc4)ncnc32)c(C)c1. The third-order valence-electron chi connectivity index (χ3n) is 5.50. The van der Waals surface area contributed by atoms with Crippen LogP contribution in [-0.4, -0.2) is 35.4 Å². The van der Waals surface area contributed by atoms with Gasteiger partial charge in [0.15, 0.2) is 11.5 Å². The van der Waals surface area contributed by atoms with Gasteiger partial charge in [0.2, 0.25) is 5.91 Å². The van der Waals surface area contributed by atoms with Gasteiger partial charge in [-0.3, -0.25) is 4.79 Å². The van der Waals surface area contributed by atoms with Crippen LogP contribution < -0.4 is 5.32 Å². The Labute approximate surface area is 201 Å². The van der Waals surface area contributed by atoms with E-state index in [2.05, 4.69) is 38.5 Å². The number of hydrogen-bond donors (Lipinski definition) is 1. The van der Waals surface area contributed by atoms with Crippen LogP contribution in [-0.2, 0) is 11.2 Å². The van der Waals surface area contributed by atoms with Gasteiger partial charge in [-0.25, -0.2) is 14.6 Å². The number of fused-ring (bicyclic) bond motifs is 1. The minimum absolute atomic E-state index is 0.167.